The predicted octanol–water partition coefficient (Wildman–Crippen LogP) is 5.67. The molecule has 1 atom stereocenters. The maximum Gasteiger partial charge on any atom is 0.347 e. The number of benzene rings is 3. The first-order chi connectivity index (χ1) is 14.0. The Labute approximate surface area is 164 Å². The fraction of sp³-hybridized carbons (Fsp3) is 0.130. The van der Waals surface area contributed by atoms with Crippen LogP contribution in [0, 0.1) is 0 Å². The molecule has 1 unspecified atom stereocenters. The number of hydrogen-bond donors (Lipinski definition) is 0. The molecule has 0 spiro atoms. The second-order valence-corrected chi connectivity index (χ2v) is 6.91. The molecule has 144 valence electrons. The summed E-state index contributed by atoms with van der Waals surface area (Å²) >= 11 is 0. The van der Waals surface area contributed by atoms with Crippen LogP contribution in [0.3, 0.4) is 0 Å². The number of aromatic nitrogens is 1. The Bertz CT molecular complexity index is 1180. The highest BCUT2D eigenvalue weighted by Crippen LogP contribution is 2.39. The number of ketones is 1. The Hall–Kier alpha value is -3.54. The molecule has 2 heterocycles. The molecule has 0 saturated carbocycles. The smallest absolute Gasteiger partial charge is 0.347 e. The van der Waals surface area contributed by atoms with Gasteiger partial charge < -0.3 is 9.15 Å². The summed E-state index contributed by atoms with van der Waals surface area (Å²) in [7, 11) is 0. The van der Waals surface area contributed by atoms with E-state index in [9.17, 15) is 13.6 Å². The molecule has 1 aliphatic heterocycles. The van der Waals surface area contributed by atoms with Crippen LogP contribution in [0.1, 0.15) is 39.9 Å². The summed E-state index contributed by atoms with van der Waals surface area (Å²) in [4.78, 5) is 16.3. The predicted molar refractivity (Wildman–Crippen MR) is 102 cm³/mol. The summed E-state index contributed by atoms with van der Waals surface area (Å²) in [6, 6.07) is 19.4. The number of fused-ring (bicyclic) bond motifs is 2. The van der Waals surface area contributed by atoms with Crippen molar-refractivity contribution >= 4 is 16.9 Å². The summed E-state index contributed by atoms with van der Waals surface area (Å²) in [5.41, 5.74) is 1.65. The largest absolute Gasteiger partial charge is 0.484 e. The SMILES string of the molecule is O=C1CC(c2ccc(C(F)(F)c3nc4ccccc4o3)cc2)Oc2ccccc21. The Morgan fingerprint density at radius 1 is 0.931 bits per heavy atom. The normalized spacial score (nSPS) is 16.5. The fourth-order valence-electron chi connectivity index (χ4n) is 3.50. The number of oxazole rings is 1. The van der Waals surface area contributed by atoms with Crippen molar-refractivity contribution in [1.82, 2.24) is 4.98 Å². The van der Waals surface area contributed by atoms with E-state index in [1.807, 2.05) is 0 Å². The highest BCUT2D eigenvalue weighted by molar-refractivity contribution is 5.99. The van der Waals surface area contributed by atoms with Crippen LogP contribution in [0.5, 0.6) is 5.75 Å². The van der Waals surface area contributed by atoms with Crippen molar-refractivity contribution in [2.45, 2.75) is 18.4 Å². The zero-order valence-corrected chi connectivity index (χ0v) is 15.1. The number of nitrogens with zero attached hydrogens (tertiary/aromatic N) is 1. The van der Waals surface area contributed by atoms with Gasteiger partial charge in [-0.25, -0.2) is 4.98 Å². The number of rotatable bonds is 3. The number of carbonyl (C=O) groups excluding carboxylic acids is 1. The number of alkyl halides is 2. The van der Waals surface area contributed by atoms with Crippen LogP contribution in [0.4, 0.5) is 8.78 Å². The van der Waals surface area contributed by atoms with Gasteiger partial charge in [-0.1, -0.05) is 48.5 Å². The van der Waals surface area contributed by atoms with E-state index in [0.717, 1.165) is 0 Å². The third-order valence-corrected chi connectivity index (χ3v) is 5.03. The van der Waals surface area contributed by atoms with Crippen molar-refractivity contribution in [3.63, 3.8) is 0 Å². The maximum absolute atomic E-state index is 14.9. The lowest BCUT2D eigenvalue weighted by Gasteiger charge is -2.25. The van der Waals surface area contributed by atoms with E-state index in [-0.39, 0.29) is 17.8 Å². The van der Waals surface area contributed by atoms with Crippen LogP contribution in [0.2, 0.25) is 0 Å². The molecule has 0 bridgehead atoms. The highest BCUT2D eigenvalue weighted by Gasteiger charge is 2.40. The first kappa shape index (κ1) is 17.6. The Morgan fingerprint density at radius 2 is 1.66 bits per heavy atom. The van der Waals surface area contributed by atoms with E-state index in [4.69, 9.17) is 9.15 Å². The zero-order chi connectivity index (χ0) is 20.0. The summed E-state index contributed by atoms with van der Waals surface area (Å²) < 4.78 is 41.0. The lowest BCUT2D eigenvalue weighted by atomic mass is 9.95. The molecule has 0 N–H and O–H groups in total. The molecule has 0 amide bonds. The Kier molecular flexibility index (Phi) is 3.94. The average Bonchev–Trinajstić information content (AvgIpc) is 3.19. The molecule has 1 aliphatic rings. The zero-order valence-electron chi connectivity index (χ0n) is 15.1. The van der Waals surface area contributed by atoms with Crippen molar-refractivity contribution in [3.05, 3.63) is 95.4 Å². The topological polar surface area (TPSA) is 52.3 Å². The number of hydrogen-bond acceptors (Lipinski definition) is 4. The van der Waals surface area contributed by atoms with Crippen LogP contribution in [0.25, 0.3) is 11.1 Å². The molecule has 0 aliphatic carbocycles. The van der Waals surface area contributed by atoms with Crippen LogP contribution < -0.4 is 4.74 Å². The van der Waals surface area contributed by atoms with E-state index < -0.39 is 17.9 Å². The molecular weight excluding hydrogens is 376 g/mol. The van der Waals surface area contributed by atoms with Crippen molar-refractivity contribution in [1.29, 1.82) is 0 Å². The first-order valence-electron chi connectivity index (χ1n) is 9.15. The van der Waals surface area contributed by atoms with E-state index in [1.165, 1.54) is 12.1 Å². The molecule has 4 aromatic rings. The molecule has 1 aromatic heterocycles. The van der Waals surface area contributed by atoms with Gasteiger partial charge in [0.15, 0.2) is 11.4 Å². The van der Waals surface area contributed by atoms with Gasteiger partial charge in [-0.3, -0.25) is 4.79 Å². The monoisotopic (exact) mass is 391 g/mol. The van der Waals surface area contributed by atoms with Gasteiger partial charge in [-0.05, 0) is 29.8 Å². The second kappa shape index (κ2) is 6.51. The van der Waals surface area contributed by atoms with Crippen LogP contribution in [-0.2, 0) is 5.92 Å². The first-order valence-corrected chi connectivity index (χ1v) is 9.15. The van der Waals surface area contributed by atoms with Gasteiger partial charge in [0.25, 0.3) is 5.89 Å². The Balaban J connectivity index is 1.43. The quantitative estimate of drug-likeness (QED) is 0.451. The number of para-hydroxylation sites is 3. The van der Waals surface area contributed by atoms with Gasteiger partial charge in [0.05, 0.1) is 12.0 Å². The number of ether oxygens (including phenoxy) is 1. The van der Waals surface area contributed by atoms with Gasteiger partial charge in [0.2, 0.25) is 0 Å². The lowest BCUT2D eigenvalue weighted by molar-refractivity contribution is 0.0147. The van der Waals surface area contributed by atoms with Gasteiger partial charge >= 0.3 is 5.92 Å². The minimum atomic E-state index is -3.38. The average molecular weight is 391 g/mol. The minimum Gasteiger partial charge on any atom is -0.484 e. The van der Waals surface area contributed by atoms with E-state index >= 15 is 0 Å². The molecule has 4 nitrogen and oxygen atoms in total. The summed E-state index contributed by atoms with van der Waals surface area (Å²) in [5.74, 6) is -3.55. The minimum absolute atomic E-state index is 0.0299. The summed E-state index contributed by atoms with van der Waals surface area (Å²) in [6.07, 6.45) is -0.345. The number of Topliss-reactive ketones (excluding diaryl/α,β-unsaturated/α-hetero) is 1. The lowest BCUT2D eigenvalue weighted by Crippen LogP contribution is -2.21. The molecule has 29 heavy (non-hydrogen) atoms. The molecule has 6 heteroatoms. The molecule has 3 aromatic carbocycles. The van der Waals surface area contributed by atoms with Crippen molar-refractivity contribution in [3.8, 4) is 5.75 Å². The Morgan fingerprint density at radius 3 is 2.45 bits per heavy atom. The van der Waals surface area contributed by atoms with Crippen LogP contribution >= 0.6 is 0 Å². The van der Waals surface area contributed by atoms with Crippen molar-refractivity contribution in [2.75, 3.05) is 0 Å². The highest BCUT2D eigenvalue weighted by atomic mass is 19.3. The summed E-state index contributed by atoms with van der Waals surface area (Å²) in [6.45, 7) is 0. The van der Waals surface area contributed by atoms with E-state index in [0.29, 0.717) is 28.0 Å². The molecule has 0 saturated heterocycles. The van der Waals surface area contributed by atoms with Gasteiger partial charge in [-0.2, -0.15) is 8.78 Å². The maximum atomic E-state index is 14.9. The van der Waals surface area contributed by atoms with Gasteiger partial charge in [0.1, 0.15) is 17.4 Å². The molecule has 0 radical (unpaired) electrons. The van der Waals surface area contributed by atoms with E-state index in [2.05, 4.69) is 4.98 Å². The molecule has 5 rings (SSSR count). The second-order valence-electron chi connectivity index (χ2n) is 6.91. The van der Waals surface area contributed by atoms with Crippen molar-refractivity contribution < 1.29 is 22.7 Å². The third kappa shape index (κ3) is 2.97. The summed E-state index contributed by atoms with van der Waals surface area (Å²) in [5, 5.41) is 0. The molecular formula is C23H15F2NO3. The van der Waals surface area contributed by atoms with Gasteiger partial charge in [-0.15, -0.1) is 0 Å². The number of halogens is 2. The third-order valence-electron chi connectivity index (χ3n) is 5.03. The van der Waals surface area contributed by atoms with Crippen molar-refractivity contribution in [2.24, 2.45) is 0 Å². The van der Waals surface area contributed by atoms with E-state index in [1.54, 1.807) is 60.7 Å². The van der Waals surface area contributed by atoms with Crippen LogP contribution in [0.15, 0.2) is 77.2 Å². The fourth-order valence-corrected chi connectivity index (χ4v) is 3.50. The van der Waals surface area contributed by atoms with Gasteiger partial charge in [0, 0.05) is 5.56 Å². The number of carbonyl (C=O) groups is 1. The molecule has 0 fully saturated rings. The standard InChI is InChI=1S/C23H15F2NO3/c24-23(25,22-26-17-6-2-4-8-20(17)29-22)15-11-9-14(10-12-15)21-13-18(27)16-5-1-3-7-19(16)28-21/h1-12,21H,13H2. The van der Waals surface area contributed by atoms with Crippen LogP contribution in [-0.4, -0.2) is 10.8 Å².